The van der Waals surface area contributed by atoms with E-state index in [2.05, 4.69) is 34.6 Å². The SMILES string of the molecule is CC(C)N1CCN(C2CN(Cc3ccn(C)c(=O)c3)C2)CC1. The largest absolute Gasteiger partial charge is 0.319 e. The van der Waals surface area contributed by atoms with Crippen molar-refractivity contribution in [3.05, 3.63) is 34.2 Å². The van der Waals surface area contributed by atoms with Crippen molar-refractivity contribution in [2.45, 2.75) is 32.5 Å². The molecule has 3 heterocycles. The fourth-order valence-electron chi connectivity index (χ4n) is 3.47. The minimum absolute atomic E-state index is 0.0828. The lowest BCUT2D eigenvalue weighted by Crippen LogP contribution is -2.63. The number of piperazine rings is 1. The van der Waals surface area contributed by atoms with Crippen LogP contribution in [0.4, 0.5) is 0 Å². The molecule has 0 N–H and O–H groups in total. The predicted molar refractivity (Wildman–Crippen MR) is 89.0 cm³/mol. The molecule has 5 heteroatoms. The van der Waals surface area contributed by atoms with Crippen LogP contribution >= 0.6 is 0 Å². The molecule has 5 nitrogen and oxygen atoms in total. The van der Waals surface area contributed by atoms with Gasteiger partial charge in [-0.1, -0.05) is 0 Å². The van der Waals surface area contributed by atoms with Gasteiger partial charge >= 0.3 is 0 Å². The maximum Gasteiger partial charge on any atom is 0.250 e. The highest BCUT2D eigenvalue weighted by atomic mass is 16.1. The summed E-state index contributed by atoms with van der Waals surface area (Å²) >= 11 is 0. The summed E-state index contributed by atoms with van der Waals surface area (Å²) in [6.45, 7) is 12.5. The van der Waals surface area contributed by atoms with E-state index in [-0.39, 0.29) is 5.56 Å². The van der Waals surface area contributed by atoms with Crippen LogP contribution in [0.2, 0.25) is 0 Å². The van der Waals surface area contributed by atoms with E-state index in [0.29, 0.717) is 12.1 Å². The summed E-state index contributed by atoms with van der Waals surface area (Å²) in [5, 5.41) is 0. The smallest absolute Gasteiger partial charge is 0.250 e. The van der Waals surface area contributed by atoms with Crippen LogP contribution < -0.4 is 5.56 Å². The van der Waals surface area contributed by atoms with Crippen LogP contribution in [0.5, 0.6) is 0 Å². The fourth-order valence-corrected chi connectivity index (χ4v) is 3.47. The molecule has 0 aliphatic carbocycles. The first kappa shape index (κ1) is 15.7. The number of aryl methyl sites for hydroxylation is 1. The Hall–Kier alpha value is -1.17. The topological polar surface area (TPSA) is 31.7 Å². The number of pyridine rings is 1. The zero-order valence-electron chi connectivity index (χ0n) is 14.0. The van der Waals surface area contributed by atoms with Gasteiger partial charge in [-0.25, -0.2) is 0 Å². The number of hydrogen-bond donors (Lipinski definition) is 0. The molecule has 0 amide bonds. The van der Waals surface area contributed by atoms with Crippen LogP contribution in [0, 0.1) is 0 Å². The fraction of sp³-hybridized carbons (Fsp3) is 0.706. The summed E-state index contributed by atoms with van der Waals surface area (Å²) in [7, 11) is 1.79. The third-order valence-corrected chi connectivity index (χ3v) is 5.11. The monoisotopic (exact) mass is 304 g/mol. The minimum Gasteiger partial charge on any atom is -0.319 e. The van der Waals surface area contributed by atoms with Crippen molar-refractivity contribution >= 4 is 0 Å². The molecule has 0 saturated carbocycles. The summed E-state index contributed by atoms with van der Waals surface area (Å²) in [5.74, 6) is 0. The summed E-state index contributed by atoms with van der Waals surface area (Å²) in [6.07, 6.45) is 1.86. The quantitative estimate of drug-likeness (QED) is 0.815. The summed E-state index contributed by atoms with van der Waals surface area (Å²) in [5.41, 5.74) is 1.21. The molecule has 3 rings (SSSR count). The molecule has 2 saturated heterocycles. The number of aromatic nitrogens is 1. The van der Waals surface area contributed by atoms with Gasteiger partial charge in [-0.3, -0.25) is 19.5 Å². The highest BCUT2D eigenvalue weighted by molar-refractivity contribution is 5.11. The first-order valence-electron chi connectivity index (χ1n) is 8.39. The van der Waals surface area contributed by atoms with Crippen molar-refractivity contribution in [3.63, 3.8) is 0 Å². The number of hydrogen-bond acceptors (Lipinski definition) is 4. The van der Waals surface area contributed by atoms with Gasteiger partial charge in [0, 0.05) is 77.2 Å². The van der Waals surface area contributed by atoms with Crippen LogP contribution in [-0.4, -0.2) is 70.6 Å². The molecule has 2 aliphatic heterocycles. The molecule has 0 radical (unpaired) electrons. The van der Waals surface area contributed by atoms with Crippen molar-refractivity contribution in [2.24, 2.45) is 7.05 Å². The lowest BCUT2D eigenvalue weighted by molar-refractivity contribution is -0.00414. The van der Waals surface area contributed by atoms with Gasteiger partial charge in [-0.05, 0) is 25.5 Å². The second-order valence-corrected chi connectivity index (χ2v) is 7.00. The lowest BCUT2D eigenvalue weighted by Gasteiger charge is -2.48. The third-order valence-electron chi connectivity index (χ3n) is 5.11. The molecular weight excluding hydrogens is 276 g/mol. The average molecular weight is 304 g/mol. The highest BCUT2D eigenvalue weighted by Gasteiger charge is 2.33. The zero-order valence-corrected chi connectivity index (χ0v) is 14.0. The van der Waals surface area contributed by atoms with Gasteiger partial charge in [0.05, 0.1) is 0 Å². The number of nitrogens with zero attached hydrogens (tertiary/aromatic N) is 4. The van der Waals surface area contributed by atoms with Crippen molar-refractivity contribution in [1.29, 1.82) is 0 Å². The first-order valence-corrected chi connectivity index (χ1v) is 8.39. The Morgan fingerprint density at radius 3 is 2.45 bits per heavy atom. The van der Waals surface area contributed by atoms with E-state index in [1.807, 2.05) is 6.20 Å². The van der Waals surface area contributed by atoms with Crippen molar-refractivity contribution in [2.75, 3.05) is 39.3 Å². The second-order valence-electron chi connectivity index (χ2n) is 7.00. The highest BCUT2D eigenvalue weighted by Crippen LogP contribution is 2.19. The molecule has 0 atom stereocenters. The molecule has 0 bridgehead atoms. The van der Waals surface area contributed by atoms with Gasteiger partial charge in [0.25, 0.3) is 5.56 Å². The Bertz CT molecular complexity index is 554. The third kappa shape index (κ3) is 3.42. The molecule has 22 heavy (non-hydrogen) atoms. The van der Waals surface area contributed by atoms with Gasteiger partial charge in [0.2, 0.25) is 0 Å². The predicted octanol–water partition coefficient (Wildman–Crippen LogP) is 0.596. The Morgan fingerprint density at radius 2 is 1.86 bits per heavy atom. The molecule has 1 aromatic heterocycles. The molecule has 0 spiro atoms. The Kier molecular flexibility index (Phi) is 4.66. The van der Waals surface area contributed by atoms with E-state index >= 15 is 0 Å². The molecule has 0 unspecified atom stereocenters. The van der Waals surface area contributed by atoms with Gasteiger partial charge in [-0.2, -0.15) is 0 Å². The Labute approximate surface area is 133 Å². The number of rotatable bonds is 4. The normalized spacial score (nSPS) is 22.2. The van der Waals surface area contributed by atoms with Crippen LogP contribution in [0.25, 0.3) is 0 Å². The van der Waals surface area contributed by atoms with E-state index in [9.17, 15) is 4.79 Å². The number of likely N-dealkylation sites (tertiary alicyclic amines) is 1. The van der Waals surface area contributed by atoms with Gasteiger partial charge < -0.3 is 4.57 Å². The van der Waals surface area contributed by atoms with Crippen LogP contribution in [0.3, 0.4) is 0 Å². The maximum absolute atomic E-state index is 11.7. The molecular formula is C17H28N4O. The van der Waals surface area contributed by atoms with E-state index in [0.717, 1.165) is 25.2 Å². The molecule has 122 valence electrons. The van der Waals surface area contributed by atoms with Crippen molar-refractivity contribution < 1.29 is 0 Å². The molecule has 0 aromatic carbocycles. The minimum atomic E-state index is 0.0828. The maximum atomic E-state index is 11.7. The van der Waals surface area contributed by atoms with Crippen LogP contribution in [-0.2, 0) is 13.6 Å². The zero-order chi connectivity index (χ0) is 15.7. The van der Waals surface area contributed by atoms with Gasteiger partial charge in [0.1, 0.15) is 0 Å². The van der Waals surface area contributed by atoms with Gasteiger partial charge in [-0.15, -0.1) is 0 Å². The summed E-state index contributed by atoms with van der Waals surface area (Å²) < 4.78 is 1.62. The standard InChI is InChI=1S/C17H28N4O/c1-14(2)20-6-8-21(9-7-20)16-12-19(13-16)11-15-4-5-18(3)17(22)10-15/h4-5,10,14,16H,6-9,11-13H2,1-3H3. The van der Waals surface area contributed by atoms with Gasteiger partial charge in [0.15, 0.2) is 0 Å². The van der Waals surface area contributed by atoms with Crippen molar-refractivity contribution in [3.8, 4) is 0 Å². The summed E-state index contributed by atoms with van der Waals surface area (Å²) in [6, 6.07) is 5.19. The first-order chi connectivity index (χ1) is 10.5. The van der Waals surface area contributed by atoms with E-state index < -0.39 is 0 Å². The molecule has 1 aromatic rings. The Morgan fingerprint density at radius 1 is 1.18 bits per heavy atom. The van der Waals surface area contributed by atoms with E-state index in [1.54, 1.807) is 17.7 Å². The van der Waals surface area contributed by atoms with E-state index in [4.69, 9.17) is 0 Å². The second kappa shape index (κ2) is 6.52. The van der Waals surface area contributed by atoms with Crippen LogP contribution in [0.1, 0.15) is 19.4 Å². The lowest BCUT2D eigenvalue weighted by atomic mass is 10.0. The van der Waals surface area contributed by atoms with Crippen LogP contribution in [0.15, 0.2) is 23.1 Å². The molecule has 2 aliphatic rings. The molecule has 2 fully saturated rings. The van der Waals surface area contributed by atoms with Crippen molar-refractivity contribution in [1.82, 2.24) is 19.3 Å². The average Bonchev–Trinajstić information content (AvgIpc) is 2.46. The Balaban J connectivity index is 1.44. The summed E-state index contributed by atoms with van der Waals surface area (Å²) in [4.78, 5) is 19.3. The van der Waals surface area contributed by atoms with E-state index in [1.165, 1.54) is 26.2 Å².